The van der Waals surface area contributed by atoms with E-state index in [-0.39, 0.29) is 11.9 Å². The lowest BCUT2D eigenvalue weighted by atomic mass is 9.99. The molecule has 0 spiro atoms. The van der Waals surface area contributed by atoms with Gasteiger partial charge in [-0.1, -0.05) is 58.4 Å². The molecule has 0 N–H and O–H groups in total. The van der Waals surface area contributed by atoms with Crippen molar-refractivity contribution >= 4 is 5.97 Å². The number of unbranched alkanes of at least 4 members (excludes halogenated alkanes) is 5. The second-order valence-corrected chi connectivity index (χ2v) is 5.47. The van der Waals surface area contributed by atoms with Gasteiger partial charge in [-0.2, -0.15) is 0 Å². The second-order valence-electron chi connectivity index (χ2n) is 5.47. The van der Waals surface area contributed by atoms with Crippen molar-refractivity contribution in [2.75, 3.05) is 6.61 Å². The average molecular weight is 254 g/mol. The predicted molar refractivity (Wildman–Crippen MR) is 77.5 cm³/mol. The Morgan fingerprint density at radius 2 is 1.56 bits per heavy atom. The van der Waals surface area contributed by atoms with Crippen LogP contribution in [0.1, 0.15) is 73.1 Å². The molecule has 0 aromatic rings. The van der Waals surface area contributed by atoms with Gasteiger partial charge in [-0.25, -0.2) is 4.79 Å². The smallest absolute Gasteiger partial charge is 0.334 e. The molecule has 0 fully saturated rings. The van der Waals surface area contributed by atoms with E-state index in [1.54, 1.807) is 0 Å². The van der Waals surface area contributed by atoms with Crippen LogP contribution in [0.4, 0.5) is 0 Å². The molecule has 0 heterocycles. The summed E-state index contributed by atoms with van der Waals surface area (Å²) in [5.74, 6) is 0.116. The van der Waals surface area contributed by atoms with Crippen molar-refractivity contribution in [2.45, 2.75) is 73.1 Å². The molecule has 2 heteroatoms. The minimum atomic E-state index is -0.126. The molecule has 0 saturated carbocycles. The van der Waals surface area contributed by atoms with Crippen molar-refractivity contribution in [3.63, 3.8) is 0 Å². The number of esters is 1. The highest BCUT2D eigenvalue weighted by atomic mass is 16.5. The van der Waals surface area contributed by atoms with E-state index in [9.17, 15) is 4.79 Å². The highest BCUT2D eigenvalue weighted by Crippen LogP contribution is 2.16. The Morgan fingerprint density at radius 1 is 1.00 bits per heavy atom. The molecule has 2 nitrogen and oxygen atoms in total. The summed E-state index contributed by atoms with van der Waals surface area (Å²) in [6, 6.07) is 0. The van der Waals surface area contributed by atoms with E-state index in [1.165, 1.54) is 32.1 Å². The Morgan fingerprint density at radius 3 is 2.06 bits per heavy atom. The Kier molecular flexibility index (Phi) is 9.72. The number of hydrogen-bond acceptors (Lipinski definition) is 2. The molecule has 0 bridgehead atoms. The average Bonchev–Trinajstić information content (AvgIpc) is 2.26. The van der Waals surface area contributed by atoms with Gasteiger partial charge in [0.1, 0.15) is 0 Å². The predicted octanol–water partition coefficient (Wildman–Crippen LogP) is 4.88. The zero-order valence-corrected chi connectivity index (χ0v) is 12.8. The van der Waals surface area contributed by atoms with Crippen LogP contribution in [0.25, 0.3) is 0 Å². The third kappa shape index (κ3) is 7.52. The van der Waals surface area contributed by atoms with Crippen LogP contribution in [0.2, 0.25) is 0 Å². The molecule has 0 amide bonds. The Labute approximate surface area is 113 Å². The molecule has 0 unspecified atom stereocenters. The van der Waals surface area contributed by atoms with Crippen LogP contribution in [0, 0.1) is 5.92 Å². The van der Waals surface area contributed by atoms with Gasteiger partial charge < -0.3 is 4.74 Å². The van der Waals surface area contributed by atoms with Gasteiger partial charge in [0.15, 0.2) is 0 Å². The van der Waals surface area contributed by atoms with E-state index >= 15 is 0 Å². The quantitative estimate of drug-likeness (QED) is 0.333. The van der Waals surface area contributed by atoms with Crippen LogP contribution in [0.3, 0.4) is 0 Å². The van der Waals surface area contributed by atoms with Crippen LogP contribution in [0.15, 0.2) is 11.1 Å². The van der Waals surface area contributed by atoms with Gasteiger partial charge in [-0.3, -0.25) is 0 Å². The number of ether oxygens (including phenoxy) is 1. The van der Waals surface area contributed by atoms with Gasteiger partial charge in [-0.15, -0.1) is 0 Å². The van der Waals surface area contributed by atoms with Crippen molar-refractivity contribution in [2.24, 2.45) is 5.92 Å². The number of allylic oxidation sites excluding steroid dienone is 1. The maximum absolute atomic E-state index is 11.9. The molecule has 0 aliphatic carbocycles. The van der Waals surface area contributed by atoms with Crippen molar-refractivity contribution in [3.8, 4) is 0 Å². The summed E-state index contributed by atoms with van der Waals surface area (Å²) in [7, 11) is 0. The van der Waals surface area contributed by atoms with Crippen LogP contribution in [-0.4, -0.2) is 12.6 Å². The van der Waals surface area contributed by atoms with Gasteiger partial charge >= 0.3 is 5.97 Å². The monoisotopic (exact) mass is 254 g/mol. The molecule has 0 aliphatic rings. The zero-order chi connectivity index (χ0) is 14.0. The lowest BCUT2D eigenvalue weighted by Gasteiger charge is -2.13. The number of carbonyl (C=O) groups excluding carboxylic acids is 1. The van der Waals surface area contributed by atoms with Crippen LogP contribution in [0.5, 0.6) is 0 Å². The van der Waals surface area contributed by atoms with Crippen LogP contribution < -0.4 is 0 Å². The summed E-state index contributed by atoms with van der Waals surface area (Å²) in [5.41, 5.74) is 1.90. The Bertz CT molecular complexity index is 260. The van der Waals surface area contributed by atoms with Gasteiger partial charge in [0.2, 0.25) is 0 Å². The topological polar surface area (TPSA) is 26.3 Å². The Hall–Kier alpha value is -0.790. The second kappa shape index (κ2) is 10.2. The van der Waals surface area contributed by atoms with Gasteiger partial charge in [-0.05, 0) is 26.2 Å². The van der Waals surface area contributed by atoms with Crippen molar-refractivity contribution < 1.29 is 9.53 Å². The fourth-order valence-corrected chi connectivity index (χ4v) is 2.14. The van der Waals surface area contributed by atoms with E-state index in [0.717, 1.165) is 17.6 Å². The van der Waals surface area contributed by atoms with Crippen LogP contribution in [-0.2, 0) is 9.53 Å². The van der Waals surface area contributed by atoms with E-state index in [1.807, 2.05) is 27.7 Å². The molecule has 0 rings (SSSR count). The van der Waals surface area contributed by atoms with E-state index < -0.39 is 0 Å². The minimum absolute atomic E-state index is 0.126. The zero-order valence-electron chi connectivity index (χ0n) is 12.8. The SMILES string of the molecule is CCCCCCCCOC(=O)C(=C(C)C)C(C)C. The van der Waals surface area contributed by atoms with E-state index in [4.69, 9.17) is 4.74 Å². The third-order valence-corrected chi connectivity index (χ3v) is 3.07. The van der Waals surface area contributed by atoms with Crippen LogP contribution >= 0.6 is 0 Å². The molecule has 0 aromatic carbocycles. The summed E-state index contributed by atoms with van der Waals surface area (Å²) in [6.45, 7) is 10.8. The molecule has 0 aliphatic heterocycles. The largest absolute Gasteiger partial charge is 0.462 e. The first kappa shape index (κ1) is 17.2. The summed E-state index contributed by atoms with van der Waals surface area (Å²) >= 11 is 0. The molecule has 0 atom stereocenters. The third-order valence-electron chi connectivity index (χ3n) is 3.07. The van der Waals surface area contributed by atoms with Gasteiger partial charge in [0.25, 0.3) is 0 Å². The normalized spacial score (nSPS) is 10.6. The van der Waals surface area contributed by atoms with Crippen molar-refractivity contribution in [3.05, 3.63) is 11.1 Å². The maximum Gasteiger partial charge on any atom is 0.334 e. The Balaban J connectivity index is 3.80. The summed E-state index contributed by atoms with van der Waals surface area (Å²) in [4.78, 5) is 11.9. The first-order chi connectivity index (χ1) is 8.50. The highest BCUT2D eigenvalue weighted by molar-refractivity contribution is 5.89. The van der Waals surface area contributed by atoms with E-state index in [2.05, 4.69) is 6.92 Å². The lowest BCUT2D eigenvalue weighted by molar-refractivity contribution is -0.139. The molecule has 18 heavy (non-hydrogen) atoms. The first-order valence-corrected chi connectivity index (χ1v) is 7.35. The summed E-state index contributed by atoms with van der Waals surface area (Å²) < 4.78 is 5.34. The molecule has 0 aromatic heterocycles. The molecular formula is C16H30O2. The molecule has 0 saturated heterocycles. The summed E-state index contributed by atoms with van der Waals surface area (Å²) in [5, 5.41) is 0. The summed E-state index contributed by atoms with van der Waals surface area (Å²) in [6.07, 6.45) is 7.30. The van der Waals surface area contributed by atoms with Crippen molar-refractivity contribution in [1.82, 2.24) is 0 Å². The fourth-order valence-electron chi connectivity index (χ4n) is 2.14. The molecular weight excluding hydrogens is 224 g/mol. The van der Waals surface area contributed by atoms with E-state index in [0.29, 0.717) is 6.61 Å². The lowest BCUT2D eigenvalue weighted by Crippen LogP contribution is -2.14. The highest BCUT2D eigenvalue weighted by Gasteiger charge is 2.15. The molecule has 106 valence electrons. The van der Waals surface area contributed by atoms with Crippen molar-refractivity contribution in [1.29, 1.82) is 0 Å². The first-order valence-electron chi connectivity index (χ1n) is 7.35. The fraction of sp³-hybridized carbons (Fsp3) is 0.812. The standard InChI is InChI=1S/C16H30O2/c1-6-7-8-9-10-11-12-18-16(17)15(13(2)3)14(4)5/h13H,6-12H2,1-5H3. The van der Waals surface area contributed by atoms with Gasteiger partial charge in [0.05, 0.1) is 6.61 Å². The molecule has 0 radical (unpaired) electrons. The minimum Gasteiger partial charge on any atom is -0.462 e. The van der Waals surface area contributed by atoms with Gasteiger partial charge in [0, 0.05) is 5.57 Å². The number of rotatable bonds is 9. The maximum atomic E-state index is 11.9. The number of hydrogen-bond donors (Lipinski definition) is 0. The number of carbonyl (C=O) groups is 1.